The highest BCUT2D eigenvalue weighted by atomic mass is 32.1. The molecule has 0 aliphatic carbocycles. The molecule has 50 heavy (non-hydrogen) atoms. The first kappa shape index (κ1) is 36.5. The summed E-state index contributed by atoms with van der Waals surface area (Å²) < 4.78 is 96.5. The quantitative estimate of drug-likeness (QED) is 0.118. The number of methoxy groups -OCH3 is 2. The fourth-order valence-corrected chi connectivity index (χ4v) is 6.43. The SMILES string of the molecule is C=C(/C=C(\C=C(/C)C(F)(F)F)C(F)(F)F)[C@H]1OC(=O)N(Cc2nc(N3CCC3)ccc2-c2cc(-c3ccc(C(=O)OC)s3)ccc2OC)[C@H]1C. The molecule has 1 amide bonds. The Kier molecular flexibility index (Phi) is 10.4. The number of carbonyl (C=O) groups is 2. The standard InChI is InChI=1S/C35H33F6N3O5S/c1-19(15-23(35(39,40)41)16-20(2)34(36,37)38)31-21(3)44(33(46)49-31)18-26-24(8-12-30(42-26)43-13-6-14-43)25-17-22(7-9-27(25)47-4)28-10-11-29(50-28)32(45)48-5/h7-12,15-17,21,31H,1,6,13-14,18H2,2-5H3/b20-16+,23-15+/t21-,31+/m0/s1. The lowest BCUT2D eigenvalue weighted by Crippen LogP contribution is -2.38. The van der Waals surface area contributed by atoms with Crippen LogP contribution in [-0.4, -0.2) is 73.8 Å². The van der Waals surface area contributed by atoms with E-state index < -0.39 is 47.7 Å². The number of hydrogen-bond acceptors (Lipinski definition) is 8. The lowest BCUT2D eigenvalue weighted by Gasteiger charge is -2.33. The molecule has 0 N–H and O–H groups in total. The van der Waals surface area contributed by atoms with Crippen LogP contribution >= 0.6 is 11.3 Å². The van der Waals surface area contributed by atoms with Gasteiger partial charge in [0.25, 0.3) is 0 Å². The average molecular weight is 722 g/mol. The van der Waals surface area contributed by atoms with E-state index in [1.807, 2.05) is 24.3 Å². The summed E-state index contributed by atoms with van der Waals surface area (Å²) in [5, 5.41) is 0. The second kappa shape index (κ2) is 14.2. The van der Waals surface area contributed by atoms with E-state index in [2.05, 4.69) is 11.5 Å². The van der Waals surface area contributed by atoms with Gasteiger partial charge in [-0.15, -0.1) is 11.3 Å². The predicted octanol–water partition coefficient (Wildman–Crippen LogP) is 8.75. The van der Waals surface area contributed by atoms with Gasteiger partial charge in [-0.1, -0.05) is 6.58 Å². The van der Waals surface area contributed by atoms with E-state index in [9.17, 15) is 35.9 Å². The summed E-state index contributed by atoms with van der Waals surface area (Å²) in [4.78, 5) is 34.7. The molecule has 4 heterocycles. The summed E-state index contributed by atoms with van der Waals surface area (Å²) in [6, 6.07) is 11.8. The van der Waals surface area contributed by atoms with Crippen molar-refractivity contribution in [2.75, 3.05) is 32.2 Å². The molecule has 0 saturated carbocycles. The van der Waals surface area contributed by atoms with Gasteiger partial charge in [-0.05, 0) is 86.0 Å². The molecule has 0 spiro atoms. The van der Waals surface area contributed by atoms with Gasteiger partial charge in [-0.25, -0.2) is 14.6 Å². The van der Waals surface area contributed by atoms with Crippen LogP contribution in [0.2, 0.25) is 0 Å². The number of halogens is 6. The van der Waals surface area contributed by atoms with E-state index in [1.54, 1.807) is 25.1 Å². The largest absolute Gasteiger partial charge is 0.496 e. The minimum Gasteiger partial charge on any atom is -0.496 e. The third-order valence-electron chi connectivity index (χ3n) is 8.47. The molecule has 2 fully saturated rings. The number of amides is 1. The first-order chi connectivity index (χ1) is 23.5. The Labute approximate surface area is 288 Å². The van der Waals surface area contributed by atoms with Crippen molar-refractivity contribution in [3.05, 3.63) is 88.5 Å². The number of esters is 1. The number of hydrogen-bond donors (Lipinski definition) is 0. The summed E-state index contributed by atoms with van der Waals surface area (Å²) in [6.07, 6.45) is -10.8. The number of carbonyl (C=O) groups excluding carboxylic acids is 2. The third kappa shape index (κ3) is 7.67. The van der Waals surface area contributed by atoms with Crippen LogP contribution in [0.5, 0.6) is 5.75 Å². The number of rotatable bonds is 10. The van der Waals surface area contributed by atoms with Crippen molar-refractivity contribution in [1.29, 1.82) is 0 Å². The zero-order valence-electron chi connectivity index (χ0n) is 27.4. The van der Waals surface area contributed by atoms with Crippen LogP contribution in [0.4, 0.5) is 37.0 Å². The van der Waals surface area contributed by atoms with Crippen molar-refractivity contribution < 1.29 is 50.1 Å². The Hall–Kier alpha value is -4.79. The number of cyclic esters (lactones) is 1. The molecule has 0 radical (unpaired) electrons. The van der Waals surface area contributed by atoms with Crippen LogP contribution in [-0.2, 0) is 16.0 Å². The number of benzene rings is 1. The van der Waals surface area contributed by atoms with Gasteiger partial charge in [0.2, 0.25) is 0 Å². The fraction of sp³-hybridized carbons (Fsp3) is 0.343. The molecule has 15 heteroatoms. The summed E-state index contributed by atoms with van der Waals surface area (Å²) in [5.74, 6) is 0.694. The van der Waals surface area contributed by atoms with Crippen LogP contribution in [0.1, 0.15) is 35.6 Å². The average Bonchev–Trinajstić information content (AvgIpc) is 3.63. The number of allylic oxidation sites excluding steroid dienone is 3. The zero-order chi connectivity index (χ0) is 36.5. The van der Waals surface area contributed by atoms with E-state index in [0.717, 1.165) is 30.0 Å². The first-order valence-electron chi connectivity index (χ1n) is 15.3. The van der Waals surface area contributed by atoms with E-state index in [4.69, 9.17) is 19.2 Å². The molecule has 1 aromatic carbocycles. The Morgan fingerprint density at radius 1 is 1.04 bits per heavy atom. The van der Waals surface area contributed by atoms with Crippen LogP contribution < -0.4 is 9.64 Å². The maximum Gasteiger partial charge on any atom is 0.416 e. The minimum atomic E-state index is -5.13. The maximum atomic E-state index is 13.8. The molecule has 0 unspecified atom stereocenters. The predicted molar refractivity (Wildman–Crippen MR) is 176 cm³/mol. The summed E-state index contributed by atoms with van der Waals surface area (Å²) >= 11 is 1.25. The summed E-state index contributed by atoms with van der Waals surface area (Å²) in [6.45, 7) is 7.16. The molecule has 2 saturated heterocycles. The molecule has 0 bridgehead atoms. The van der Waals surface area contributed by atoms with Gasteiger partial charge < -0.3 is 19.1 Å². The molecular formula is C35H33F6N3O5S. The molecule has 5 rings (SSSR count). The summed E-state index contributed by atoms with van der Waals surface area (Å²) in [7, 11) is 2.80. The minimum absolute atomic E-state index is 0.00415. The maximum absolute atomic E-state index is 13.8. The lowest BCUT2D eigenvalue weighted by molar-refractivity contribution is -0.0954. The highest BCUT2D eigenvalue weighted by molar-refractivity contribution is 7.17. The van der Waals surface area contributed by atoms with E-state index in [-0.39, 0.29) is 18.2 Å². The summed E-state index contributed by atoms with van der Waals surface area (Å²) in [5.41, 5.74) is -0.918. The number of thiophene rings is 1. The Morgan fingerprint density at radius 3 is 2.36 bits per heavy atom. The van der Waals surface area contributed by atoms with Crippen molar-refractivity contribution >= 4 is 29.2 Å². The highest BCUT2D eigenvalue weighted by Gasteiger charge is 2.42. The number of nitrogens with zero attached hydrogens (tertiary/aromatic N) is 3. The van der Waals surface area contributed by atoms with Crippen molar-refractivity contribution in [3.8, 4) is 27.3 Å². The first-order valence-corrected chi connectivity index (χ1v) is 16.2. The number of aromatic nitrogens is 1. The number of anilines is 1. The Balaban J connectivity index is 1.50. The van der Waals surface area contributed by atoms with Gasteiger partial charge in [-0.3, -0.25) is 4.90 Å². The van der Waals surface area contributed by atoms with Gasteiger partial charge >= 0.3 is 24.4 Å². The number of alkyl halides is 6. The van der Waals surface area contributed by atoms with Crippen molar-refractivity contribution in [2.24, 2.45) is 0 Å². The van der Waals surface area contributed by atoms with E-state index in [1.165, 1.54) is 30.5 Å². The molecule has 2 aliphatic heterocycles. The van der Waals surface area contributed by atoms with Gasteiger partial charge in [-0.2, -0.15) is 26.3 Å². The second-order valence-corrected chi connectivity index (χ2v) is 12.8. The molecular weight excluding hydrogens is 688 g/mol. The molecule has 2 atom stereocenters. The molecule has 8 nitrogen and oxygen atoms in total. The smallest absolute Gasteiger partial charge is 0.416 e. The second-order valence-electron chi connectivity index (χ2n) is 11.7. The third-order valence-corrected chi connectivity index (χ3v) is 9.59. The van der Waals surface area contributed by atoms with Gasteiger partial charge in [0.15, 0.2) is 0 Å². The van der Waals surface area contributed by atoms with Crippen LogP contribution in [0, 0.1) is 0 Å². The zero-order valence-corrected chi connectivity index (χ0v) is 28.3. The van der Waals surface area contributed by atoms with Crippen LogP contribution in [0.15, 0.2) is 77.9 Å². The fourth-order valence-electron chi connectivity index (χ4n) is 5.51. The van der Waals surface area contributed by atoms with E-state index in [0.29, 0.717) is 46.3 Å². The Bertz CT molecular complexity index is 1860. The topological polar surface area (TPSA) is 81.2 Å². The molecule has 3 aromatic rings. The van der Waals surface area contributed by atoms with E-state index >= 15 is 0 Å². The van der Waals surface area contributed by atoms with Crippen molar-refractivity contribution in [1.82, 2.24) is 9.88 Å². The van der Waals surface area contributed by atoms with Crippen molar-refractivity contribution in [3.63, 3.8) is 0 Å². The molecule has 266 valence electrons. The van der Waals surface area contributed by atoms with Gasteiger partial charge in [0.05, 0.1) is 38.1 Å². The van der Waals surface area contributed by atoms with Crippen LogP contribution in [0.25, 0.3) is 21.6 Å². The molecule has 2 aromatic heterocycles. The normalized spacial score (nSPS) is 18.6. The van der Waals surface area contributed by atoms with Gasteiger partial charge in [0, 0.05) is 34.7 Å². The highest BCUT2D eigenvalue weighted by Crippen LogP contribution is 2.40. The molecule has 2 aliphatic rings. The number of pyridine rings is 1. The van der Waals surface area contributed by atoms with Crippen LogP contribution in [0.3, 0.4) is 0 Å². The monoisotopic (exact) mass is 721 g/mol. The Morgan fingerprint density at radius 2 is 1.76 bits per heavy atom. The van der Waals surface area contributed by atoms with Gasteiger partial charge in [0.1, 0.15) is 22.5 Å². The lowest BCUT2D eigenvalue weighted by atomic mass is 9.98. The van der Waals surface area contributed by atoms with Crippen molar-refractivity contribution in [2.45, 2.75) is 51.3 Å². The number of ether oxygens (including phenoxy) is 3.